The lowest BCUT2D eigenvalue weighted by Crippen LogP contribution is -2.39. The molecule has 1 aliphatic rings. The van der Waals surface area contributed by atoms with E-state index < -0.39 is 0 Å². The number of hydrogen-bond donors (Lipinski definition) is 1. The summed E-state index contributed by atoms with van der Waals surface area (Å²) in [6.07, 6.45) is 2.61. The zero-order valence-corrected chi connectivity index (χ0v) is 12.3. The van der Waals surface area contributed by atoms with Crippen LogP contribution in [-0.2, 0) is 0 Å². The Morgan fingerprint density at radius 1 is 1.32 bits per heavy atom. The highest BCUT2D eigenvalue weighted by Crippen LogP contribution is 2.34. The van der Waals surface area contributed by atoms with Crippen LogP contribution >= 0.6 is 11.3 Å². The van der Waals surface area contributed by atoms with E-state index in [9.17, 15) is 0 Å². The average molecular weight is 274 g/mol. The predicted octanol–water partition coefficient (Wildman–Crippen LogP) is 3.63. The highest BCUT2D eigenvalue weighted by Gasteiger charge is 2.25. The second-order valence-electron chi connectivity index (χ2n) is 5.66. The fourth-order valence-electron chi connectivity index (χ4n) is 3.07. The van der Waals surface area contributed by atoms with Crippen LogP contribution in [-0.4, -0.2) is 24.5 Å². The summed E-state index contributed by atoms with van der Waals surface area (Å²) in [5.41, 5.74) is 7.51. The summed E-state index contributed by atoms with van der Waals surface area (Å²) in [6.45, 7) is 5.45. The van der Waals surface area contributed by atoms with Crippen molar-refractivity contribution in [2.75, 3.05) is 19.6 Å². The molecule has 2 nitrogen and oxygen atoms in total. The third-order valence-electron chi connectivity index (χ3n) is 4.35. The van der Waals surface area contributed by atoms with Crippen molar-refractivity contribution in [2.24, 2.45) is 11.7 Å². The Kier molecular flexibility index (Phi) is 3.87. The zero-order valence-electron chi connectivity index (χ0n) is 11.5. The number of nitrogens with two attached hydrogens (primary N) is 1. The molecule has 2 aromatic rings. The second kappa shape index (κ2) is 5.61. The molecule has 2 N–H and O–H groups in total. The minimum Gasteiger partial charge on any atom is -0.329 e. The van der Waals surface area contributed by atoms with Gasteiger partial charge in [-0.15, -0.1) is 11.3 Å². The first-order chi connectivity index (χ1) is 9.29. The second-order valence-corrected chi connectivity index (χ2v) is 6.57. The molecule has 1 aromatic carbocycles. The quantitative estimate of drug-likeness (QED) is 0.926. The smallest absolute Gasteiger partial charge is 0.0484 e. The maximum atomic E-state index is 6.08. The summed E-state index contributed by atoms with van der Waals surface area (Å²) in [5, 5.41) is 3.70. The van der Waals surface area contributed by atoms with Crippen molar-refractivity contribution in [3.63, 3.8) is 0 Å². The molecule has 0 bridgehead atoms. The van der Waals surface area contributed by atoms with E-state index in [1.54, 1.807) is 0 Å². The zero-order chi connectivity index (χ0) is 13.2. The molecule has 1 saturated heterocycles. The van der Waals surface area contributed by atoms with Crippen LogP contribution in [0.25, 0.3) is 10.1 Å². The summed E-state index contributed by atoms with van der Waals surface area (Å²) in [7, 11) is 0. The van der Waals surface area contributed by atoms with Gasteiger partial charge in [0, 0.05) is 17.3 Å². The molecule has 1 aliphatic heterocycles. The van der Waals surface area contributed by atoms with Gasteiger partial charge in [0.25, 0.3) is 0 Å². The molecule has 19 heavy (non-hydrogen) atoms. The van der Waals surface area contributed by atoms with Gasteiger partial charge < -0.3 is 5.73 Å². The van der Waals surface area contributed by atoms with E-state index in [2.05, 4.69) is 41.5 Å². The molecule has 102 valence electrons. The van der Waals surface area contributed by atoms with Crippen molar-refractivity contribution < 1.29 is 0 Å². The first-order valence-corrected chi connectivity index (χ1v) is 8.08. The van der Waals surface area contributed by atoms with Gasteiger partial charge in [-0.05, 0) is 54.2 Å². The molecular weight excluding hydrogens is 252 g/mol. The van der Waals surface area contributed by atoms with Crippen LogP contribution in [0.15, 0.2) is 29.6 Å². The lowest BCUT2D eigenvalue weighted by molar-refractivity contribution is 0.142. The topological polar surface area (TPSA) is 29.3 Å². The van der Waals surface area contributed by atoms with E-state index in [1.807, 2.05) is 11.3 Å². The Hall–Kier alpha value is -0.900. The number of likely N-dealkylation sites (tertiary alicyclic amines) is 1. The van der Waals surface area contributed by atoms with E-state index in [0.717, 1.165) is 12.5 Å². The fourth-order valence-corrected chi connectivity index (χ4v) is 4.08. The molecule has 1 atom stereocenters. The molecule has 3 rings (SSSR count). The van der Waals surface area contributed by atoms with E-state index in [4.69, 9.17) is 5.73 Å². The van der Waals surface area contributed by atoms with Crippen LogP contribution in [0, 0.1) is 5.92 Å². The van der Waals surface area contributed by atoms with Crippen LogP contribution in [0.4, 0.5) is 0 Å². The van der Waals surface area contributed by atoms with Gasteiger partial charge in [0.2, 0.25) is 0 Å². The number of benzene rings is 1. The Bertz CT molecular complexity index is 540. The molecule has 3 heteroatoms. The van der Waals surface area contributed by atoms with Crippen molar-refractivity contribution in [2.45, 2.75) is 25.8 Å². The van der Waals surface area contributed by atoms with Crippen molar-refractivity contribution >= 4 is 21.4 Å². The fraction of sp³-hybridized carbons (Fsp3) is 0.500. The average Bonchev–Trinajstić information content (AvgIpc) is 2.86. The summed E-state index contributed by atoms with van der Waals surface area (Å²) in [6, 6.07) is 9.07. The minimum atomic E-state index is 0.392. The maximum Gasteiger partial charge on any atom is 0.0484 e. The molecule has 0 amide bonds. The van der Waals surface area contributed by atoms with E-state index in [1.165, 1.54) is 41.6 Å². The van der Waals surface area contributed by atoms with Crippen LogP contribution < -0.4 is 5.73 Å². The normalized spacial score (nSPS) is 19.9. The number of nitrogens with zero attached hydrogens (tertiary/aromatic N) is 1. The third-order valence-corrected chi connectivity index (χ3v) is 5.33. The number of hydrogen-bond acceptors (Lipinski definition) is 3. The monoisotopic (exact) mass is 274 g/mol. The molecule has 1 fully saturated rings. The van der Waals surface area contributed by atoms with Crippen LogP contribution in [0.2, 0.25) is 0 Å². The summed E-state index contributed by atoms with van der Waals surface area (Å²) >= 11 is 1.84. The highest BCUT2D eigenvalue weighted by molar-refractivity contribution is 7.17. The standard InChI is InChI=1S/C16H22N2S/c1-12-6-8-18(9-7-12)15(10-17)14-11-19-16-5-3-2-4-13(14)16/h2-5,11-12,15H,6-10,17H2,1H3. The molecule has 0 spiro atoms. The molecule has 0 saturated carbocycles. The van der Waals surface area contributed by atoms with E-state index in [0.29, 0.717) is 6.04 Å². The number of thiophene rings is 1. The molecule has 1 unspecified atom stereocenters. The SMILES string of the molecule is CC1CCN(C(CN)c2csc3ccccc23)CC1. The number of piperidine rings is 1. The first kappa shape index (κ1) is 13.1. The Balaban J connectivity index is 1.89. The Labute approximate surface area is 119 Å². The predicted molar refractivity (Wildman–Crippen MR) is 83.6 cm³/mol. The maximum absolute atomic E-state index is 6.08. The van der Waals surface area contributed by atoms with Gasteiger partial charge in [0.1, 0.15) is 0 Å². The van der Waals surface area contributed by atoms with Crippen LogP contribution in [0.1, 0.15) is 31.4 Å². The molecule has 2 heterocycles. The van der Waals surface area contributed by atoms with E-state index >= 15 is 0 Å². The van der Waals surface area contributed by atoms with Gasteiger partial charge in [-0.2, -0.15) is 0 Å². The van der Waals surface area contributed by atoms with E-state index in [-0.39, 0.29) is 0 Å². The molecule has 0 aliphatic carbocycles. The van der Waals surface area contributed by atoms with Gasteiger partial charge in [0.15, 0.2) is 0 Å². The third kappa shape index (κ3) is 2.55. The summed E-state index contributed by atoms with van der Waals surface area (Å²) in [5.74, 6) is 0.869. The van der Waals surface area contributed by atoms with Gasteiger partial charge in [-0.1, -0.05) is 25.1 Å². The van der Waals surface area contributed by atoms with Gasteiger partial charge in [-0.25, -0.2) is 0 Å². The lowest BCUT2D eigenvalue weighted by Gasteiger charge is -2.36. The first-order valence-electron chi connectivity index (χ1n) is 7.20. The van der Waals surface area contributed by atoms with Gasteiger partial charge in [0.05, 0.1) is 0 Å². The van der Waals surface area contributed by atoms with Crippen molar-refractivity contribution in [1.29, 1.82) is 0 Å². The number of rotatable bonds is 3. The lowest BCUT2D eigenvalue weighted by atomic mass is 9.95. The highest BCUT2D eigenvalue weighted by atomic mass is 32.1. The number of fused-ring (bicyclic) bond motifs is 1. The Morgan fingerprint density at radius 2 is 2.05 bits per heavy atom. The van der Waals surface area contributed by atoms with Crippen molar-refractivity contribution in [3.8, 4) is 0 Å². The van der Waals surface area contributed by atoms with Crippen molar-refractivity contribution in [3.05, 3.63) is 35.2 Å². The minimum absolute atomic E-state index is 0.392. The molecule has 1 aromatic heterocycles. The molecular formula is C16H22N2S. The van der Waals surface area contributed by atoms with Gasteiger partial charge >= 0.3 is 0 Å². The van der Waals surface area contributed by atoms with Crippen LogP contribution in [0.5, 0.6) is 0 Å². The summed E-state index contributed by atoms with van der Waals surface area (Å²) in [4.78, 5) is 2.58. The molecule has 0 radical (unpaired) electrons. The van der Waals surface area contributed by atoms with Crippen molar-refractivity contribution in [1.82, 2.24) is 4.90 Å². The van der Waals surface area contributed by atoms with Crippen LogP contribution in [0.3, 0.4) is 0 Å². The summed E-state index contributed by atoms with van der Waals surface area (Å²) < 4.78 is 1.38. The Morgan fingerprint density at radius 3 is 2.79 bits per heavy atom. The largest absolute Gasteiger partial charge is 0.329 e. The van der Waals surface area contributed by atoms with Gasteiger partial charge in [-0.3, -0.25) is 4.90 Å².